The summed E-state index contributed by atoms with van der Waals surface area (Å²) in [5.41, 5.74) is 8.77. The average molecular weight is 446 g/mol. The third-order valence-corrected chi connectivity index (χ3v) is 6.49. The number of carbonyl (C=O) groups excluding carboxylic acids is 1. The van der Waals surface area contributed by atoms with E-state index >= 15 is 0 Å². The maximum atomic E-state index is 12.8. The number of likely N-dealkylation sites (tertiary alicyclic amines) is 1. The molecule has 5 rings (SSSR count). The molecule has 0 spiro atoms. The molecule has 0 radical (unpaired) electrons. The number of hydrogen-bond acceptors (Lipinski definition) is 7. The minimum Gasteiger partial charge on any atom is -0.507 e. The molecule has 8 nitrogen and oxygen atoms in total. The molecule has 2 unspecified atom stereocenters. The molecule has 33 heavy (non-hydrogen) atoms. The number of aromatic hydroxyl groups is 1. The SMILES string of the molecule is Nc1nnc(-c2ccccc2O)cc1OCCc1ccc(C(=O)N2CC3CNCC3C2)cc1. The molecule has 2 aliphatic rings. The molecule has 2 atom stereocenters. The maximum absolute atomic E-state index is 12.8. The molecule has 3 heterocycles. The predicted molar refractivity (Wildman–Crippen MR) is 125 cm³/mol. The van der Waals surface area contributed by atoms with E-state index in [9.17, 15) is 9.90 Å². The van der Waals surface area contributed by atoms with E-state index < -0.39 is 0 Å². The molecule has 0 aliphatic carbocycles. The number of hydrogen-bond donors (Lipinski definition) is 3. The number of nitrogens with zero attached hydrogens (tertiary/aromatic N) is 3. The number of anilines is 1. The monoisotopic (exact) mass is 445 g/mol. The molecule has 2 saturated heterocycles. The fourth-order valence-corrected chi connectivity index (χ4v) is 4.62. The molecule has 1 aromatic heterocycles. The van der Waals surface area contributed by atoms with E-state index in [0.717, 1.165) is 37.3 Å². The normalized spacial score (nSPS) is 19.5. The Morgan fingerprint density at radius 1 is 1.09 bits per heavy atom. The van der Waals surface area contributed by atoms with Crippen LogP contribution in [0.1, 0.15) is 15.9 Å². The van der Waals surface area contributed by atoms with Crippen LogP contribution in [-0.2, 0) is 6.42 Å². The fourth-order valence-electron chi connectivity index (χ4n) is 4.62. The largest absolute Gasteiger partial charge is 0.507 e. The number of phenols is 1. The molecule has 4 N–H and O–H groups in total. The van der Waals surface area contributed by atoms with E-state index in [1.54, 1.807) is 24.3 Å². The average Bonchev–Trinajstić information content (AvgIpc) is 3.43. The number of rotatable bonds is 6. The van der Waals surface area contributed by atoms with Gasteiger partial charge in [0.15, 0.2) is 11.6 Å². The zero-order chi connectivity index (χ0) is 22.8. The van der Waals surface area contributed by atoms with Gasteiger partial charge in [-0.15, -0.1) is 10.2 Å². The van der Waals surface area contributed by atoms with Gasteiger partial charge in [-0.2, -0.15) is 0 Å². The van der Waals surface area contributed by atoms with Crippen molar-refractivity contribution in [3.05, 3.63) is 65.7 Å². The van der Waals surface area contributed by atoms with Crippen molar-refractivity contribution in [2.24, 2.45) is 11.8 Å². The molecular weight excluding hydrogens is 418 g/mol. The highest BCUT2D eigenvalue weighted by atomic mass is 16.5. The highest BCUT2D eigenvalue weighted by molar-refractivity contribution is 5.94. The summed E-state index contributed by atoms with van der Waals surface area (Å²) in [4.78, 5) is 14.8. The number of phenolic OH excluding ortho intramolecular Hbond substituents is 1. The number of nitrogens with one attached hydrogen (secondary N) is 1. The van der Waals surface area contributed by atoms with Gasteiger partial charge in [-0.3, -0.25) is 4.79 Å². The van der Waals surface area contributed by atoms with Crippen LogP contribution in [-0.4, -0.2) is 58.9 Å². The number of nitrogens with two attached hydrogens (primary N) is 1. The molecule has 1 amide bonds. The summed E-state index contributed by atoms with van der Waals surface area (Å²) in [6.45, 7) is 4.11. The van der Waals surface area contributed by atoms with Gasteiger partial charge in [0.25, 0.3) is 5.91 Å². The van der Waals surface area contributed by atoms with Gasteiger partial charge >= 0.3 is 0 Å². The first-order chi connectivity index (χ1) is 16.1. The number of benzene rings is 2. The Balaban J connectivity index is 1.18. The van der Waals surface area contributed by atoms with Crippen molar-refractivity contribution in [2.45, 2.75) is 6.42 Å². The molecule has 0 bridgehead atoms. The Labute approximate surface area is 192 Å². The Kier molecular flexibility index (Phi) is 5.83. The number of para-hydroxylation sites is 1. The van der Waals surface area contributed by atoms with Gasteiger partial charge in [-0.25, -0.2) is 0 Å². The van der Waals surface area contributed by atoms with Gasteiger partial charge in [-0.05, 0) is 41.7 Å². The standard InChI is InChI=1S/C25H27N5O3/c26-24-23(11-21(28-29-24)20-3-1-2-4-22(20)31)33-10-9-16-5-7-17(8-6-16)25(32)30-14-18-12-27-13-19(18)15-30/h1-8,11,18-19,27,31H,9-10,12-15H2,(H2,26,29). The summed E-state index contributed by atoms with van der Waals surface area (Å²) in [6.07, 6.45) is 0.654. The molecule has 170 valence electrons. The number of carbonyl (C=O) groups is 1. The van der Waals surface area contributed by atoms with Crippen LogP contribution in [0.3, 0.4) is 0 Å². The van der Waals surface area contributed by atoms with Crippen molar-refractivity contribution in [1.82, 2.24) is 20.4 Å². The number of nitrogen functional groups attached to an aromatic ring is 1. The van der Waals surface area contributed by atoms with Crippen LogP contribution in [0.25, 0.3) is 11.3 Å². The van der Waals surface area contributed by atoms with Crippen LogP contribution in [0.4, 0.5) is 5.82 Å². The third kappa shape index (κ3) is 4.47. The highest BCUT2D eigenvalue weighted by Crippen LogP contribution is 2.31. The van der Waals surface area contributed by atoms with Crippen molar-refractivity contribution in [3.63, 3.8) is 0 Å². The lowest BCUT2D eigenvalue weighted by atomic mass is 10.0. The maximum Gasteiger partial charge on any atom is 0.253 e. The van der Waals surface area contributed by atoms with Crippen molar-refractivity contribution in [3.8, 4) is 22.8 Å². The summed E-state index contributed by atoms with van der Waals surface area (Å²) in [7, 11) is 0. The zero-order valence-corrected chi connectivity index (χ0v) is 18.3. The van der Waals surface area contributed by atoms with Gasteiger partial charge in [0.1, 0.15) is 11.4 Å². The predicted octanol–water partition coefficient (Wildman–Crippen LogP) is 2.34. The second kappa shape index (κ2) is 9.07. The van der Waals surface area contributed by atoms with Gasteiger partial charge in [0, 0.05) is 49.8 Å². The van der Waals surface area contributed by atoms with E-state index in [1.165, 1.54) is 0 Å². The lowest BCUT2D eigenvalue weighted by Gasteiger charge is -2.17. The first-order valence-electron chi connectivity index (χ1n) is 11.2. The lowest BCUT2D eigenvalue weighted by molar-refractivity contribution is 0.0781. The van der Waals surface area contributed by atoms with E-state index in [-0.39, 0.29) is 17.5 Å². The van der Waals surface area contributed by atoms with Crippen LogP contribution in [0.15, 0.2) is 54.6 Å². The van der Waals surface area contributed by atoms with Gasteiger partial charge in [-0.1, -0.05) is 24.3 Å². The van der Waals surface area contributed by atoms with Crippen LogP contribution < -0.4 is 15.8 Å². The molecule has 2 aromatic carbocycles. The lowest BCUT2D eigenvalue weighted by Crippen LogP contribution is -2.31. The fraction of sp³-hybridized carbons (Fsp3) is 0.320. The van der Waals surface area contributed by atoms with Gasteiger partial charge < -0.3 is 25.8 Å². The number of ether oxygens (including phenoxy) is 1. The van der Waals surface area contributed by atoms with Crippen LogP contribution in [0.5, 0.6) is 11.5 Å². The summed E-state index contributed by atoms with van der Waals surface area (Å²) >= 11 is 0. The van der Waals surface area contributed by atoms with Crippen molar-refractivity contribution in [2.75, 3.05) is 38.5 Å². The molecule has 0 saturated carbocycles. The van der Waals surface area contributed by atoms with E-state index in [4.69, 9.17) is 10.5 Å². The summed E-state index contributed by atoms with van der Waals surface area (Å²) in [5.74, 6) is 2.02. The molecular formula is C25H27N5O3. The zero-order valence-electron chi connectivity index (χ0n) is 18.3. The van der Waals surface area contributed by atoms with Crippen molar-refractivity contribution >= 4 is 11.7 Å². The summed E-state index contributed by atoms with van der Waals surface area (Å²) in [5, 5.41) is 21.5. The highest BCUT2D eigenvalue weighted by Gasteiger charge is 2.38. The van der Waals surface area contributed by atoms with E-state index in [2.05, 4.69) is 15.5 Å². The Bertz CT molecular complexity index is 1140. The summed E-state index contributed by atoms with van der Waals surface area (Å²) in [6, 6.07) is 16.3. The second-order valence-electron chi connectivity index (χ2n) is 8.68. The number of aromatic nitrogens is 2. The Hall–Kier alpha value is -3.65. The Morgan fingerprint density at radius 2 is 1.82 bits per heavy atom. The van der Waals surface area contributed by atoms with E-state index in [1.807, 2.05) is 35.2 Å². The van der Waals surface area contributed by atoms with E-state index in [0.29, 0.717) is 41.9 Å². The van der Waals surface area contributed by atoms with Gasteiger partial charge in [0.05, 0.1) is 6.61 Å². The Morgan fingerprint density at radius 3 is 2.55 bits per heavy atom. The minimum absolute atomic E-state index is 0.111. The third-order valence-electron chi connectivity index (χ3n) is 6.49. The number of fused-ring (bicyclic) bond motifs is 1. The summed E-state index contributed by atoms with van der Waals surface area (Å²) < 4.78 is 5.85. The quantitative estimate of drug-likeness (QED) is 0.534. The smallest absolute Gasteiger partial charge is 0.253 e. The van der Waals surface area contributed by atoms with Crippen LogP contribution in [0.2, 0.25) is 0 Å². The second-order valence-corrected chi connectivity index (χ2v) is 8.68. The number of amides is 1. The topological polar surface area (TPSA) is 114 Å². The molecule has 8 heteroatoms. The first kappa shape index (κ1) is 21.2. The molecule has 2 aliphatic heterocycles. The minimum atomic E-state index is 0.111. The van der Waals surface area contributed by atoms with Gasteiger partial charge in [0.2, 0.25) is 0 Å². The first-order valence-corrected chi connectivity index (χ1v) is 11.2. The molecule has 2 fully saturated rings. The van der Waals surface area contributed by atoms with Crippen LogP contribution >= 0.6 is 0 Å². The molecule has 3 aromatic rings. The van der Waals surface area contributed by atoms with Crippen LogP contribution in [0, 0.1) is 11.8 Å². The van der Waals surface area contributed by atoms with Crippen molar-refractivity contribution < 1.29 is 14.6 Å². The van der Waals surface area contributed by atoms with Crippen molar-refractivity contribution in [1.29, 1.82) is 0 Å².